The quantitative estimate of drug-likeness (QED) is 0.147. The molecule has 0 saturated carbocycles. The summed E-state index contributed by atoms with van der Waals surface area (Å²) in [6.45, 7) is -0.627. The zero-order valence-corrected chi connectivity index (χ0v) is 22.5. The molecule has 5 N–H and O–H groups in total. The standard InChI is InChI=1S/C26H28ClN7O7/c27-17-6-3-5-16(11-17)15-41-25(39)32-20(23(37)38)12-29-21(35)13-34-22(36)14-33(26(34)40)10-4-9-28-24-30-18-7-1-2-8-19(18)31-24/h1-3,5-8,11,20H,4,9-10,12-15H2,(H,29,35)(H,32,39)(H,37,38)(H2,28,30,31)/t20-/m0/s1. The summed E-state index contributed by atoms with van der Waals surface area (Å²) in [7, 11) is 0. The monoisotopic (exact) mass is 585 g/mol. The zero-order valence-electron chi connectivity index (χ0n) is 21.8. The number of benzene rings is 2. The van der Waals surface area contributed by atoms with Gasteiger partial charge >= 0.3 is 18.1 Å². The average molecular weight is 586 g/mol. The predicted molar refractivity (Wildman–Crippen MR) is 147 cm³/mol. The van der Waals surface area contributed by atoms with Gasteiger partial charge in [0.05, 0.1) is 11.0 Å². The van der Waals surface area contributed by atoms with Gasteiger partial charge in [0, 0.05) is 24.7 Å². The van der Waals surface area contributed by atoms with E-state index in [0.717, 1.165) is 15.9 Å². The third kappa shape index (κ3) is 8.08. The van der Waals surface area contributed by atoms with E-state index in [9.17, 15) is 29.1 Å². The number of anilines is 1. The van der Waals surface area contributed by atoms with Crippen molar-refractivity contribution in [2.45, 2.75) is 19.1 Å². The van der Waals surface area contributed by atoms with Gasteiger partial charge in [-0.25, -0.2) is 19.4 Å². The number of amides is 5. The van der Waals surface area contributed by atoms with Crippen LogP contribution in [-0.2, 0) is 25.7 Å². The second kappa shape index (κ2) is 13.5. The summed E-state index contributed by atoms with van der Waals surface area (Å²) in [6.07, 6.45) is -0.489. The molecule has 0 radical (unpaired) electrons. The topological polar surface area (TPSA) is 186 Å². The van der Waals surface area contributed by atoms with Gasteiger partial charge in [-0.15, -0.1) is 0 Å². The Balaban J connectivity index is 1.17. The van der Waals surface area contributed by atoms with Gasteiger partial charge in [0.2, 0.25) is 11.9 Å². The van der Waals surface area contributed by atoms with Crippen LogP contribution < -0.4 is 16.0 Å². The Hall–Kier alpha value is -4.85. The maximum atomic E-state index is 12.7. The minimum Gasteiger partial charge on any atom is -0.480 e. The Labute approximate surface area is 239 Å². The number of carboxylic acids is 1. The summed E-state index contributed by atoms with van der Waals surface area (Å²) in [5.41, 5.74) is 2.32. The molecule has 1 aliphatic heterocycles. The Morgan fingerprint density at radius 1 is 1.15 bits per heavy atom. The number of hydrogen-bond acceptors (Lipinski definition) is 8. The van der Waals surface area contributed by atoms with Crippen molar-refractivity contribution in [3.63, 3.8) is 0 Å². The first kappa shape index (κ1) is 29.1. The van der Waals surface area contributed by atoms with Crippen LogP contribution in [0, 0.1) is 0 Å². The molecule has 1 saturated heterocycles. The van der Waals surface area contributed by atoms with Gasteiger partial charge in [0.15, 0.2) is 0 Å². The van der Waals surface area contributed by atoms with E-state index in [2.05, 4.69) is 25.9 Å². The molecule has 0 unspecified atom stereocenters. The van der Waals surface area contributed by atoms with Crippen LogP contribution in [0.15, 0.2) is 48.5 Å². The van der Waals surface area contributed by atoms with Crippen molar-refractivity contribution in [2.75, 3.05) is 38.0 Å². The molecule has 1 aromatic heterocycles. The Morgan fingerprint density at radius 2 is 1.95 bits per heavy atom. The molecular formula is C26H28ClN7O7. The first-order valence-corrected chi connectivity index (χ1v) is 13.0. The molecule has 41 heavy (non-hydrogen) atoms. The molecule has 2 heterocycles. The van der Waals surface area contributed by atoms with Gasteiger partial charge < -0.3 is 35.7 Å². The lowest BCUT2D eigenvalue weighted by molar-refractivity contribution is -0.139. The summed E-state index contributed by atoms with van der Waals surface area (Å²) in [5, 5.41) is 17.5. The number of alkyl carbamates (subject to hydrolysis) is 1. The highest BCUT2D eigenvalue weighted by molar-refractivity contribution is 6.30. The maximum Gasteiger partial charge on any atom is 0.408 e. The fourth-order valence-corrected chi connectivity index (χ4v) is 4.23. The summed E-state index contributed by atoms with van der Waals surface area (Å²) in [4.78, 5) is 70.7. The number of aromatic amines is 1. The molecular weight excluding hydrogens is 558 g/mol. The third-order valence-corrected chi connectivity index (χ3v) is 6.30. The molecule has 1 aliphatic rings. The lowest BCUT2D eigenvalue weighted by Crippen LogP contribution is -2.50. The van der Waals surface area contributed by atoms with E-state index in [-0.39, 0.29) is 19.7 Å². The van der Waals surface area contributed by atoms with Gasteiger partial charge in [-0.05, 0) is 36.2 Å². The van der Waals surface area contributed by atoms with Crippen LogP contribution in [0.1, 0.15) is 12.0 Å². The number of H-pyrrole nitrogens is 1. The van der Waals surface area contributed by atoms with Crippen LogP contribution in [0.3, 0.4) is 0 Å². The summed E-state index contributed by atoms with van der Waals surface area (Å²) in [6, 6.07) is 12.0. The van der Waals surface area contributed by atoms with Gasteiger partial charge in [0.25, 0.3) is 5.91 Å². The second-order valence-electron chi connectivity index (χ2n) is 9.11. The van der Waals surface area contributed by atoms with Crippen LogP contribution in [0.2, 0.25) is 5.02 Å². The smallest absolute Gasteiger partial charge is 0.408 e. The number of aromatic nitrogens is 2. The molecule has 14 nitrogen and oxygen atoms in total. The van der Waals surface area contributed by atoms with Gasteiger partial charge in [-0.3, -0.25) is 14.5 Å². The van der Waals surface area contributed by atoms with Crippen molar-refractivity contribution in [3.05, 3.63) is 59.1 Å². The minimum atomic E-state index is -1.51. The number of imide groups is 1. The zero-order chi connectivity index (χ0) is 29.4. The molecule has 1 atom stereocenters. The molecule has 216 valence electrons. The highest BCUT2D eigenvalue weighted by atomic mass is 35.5. The number of rotatable bonds is 13. The van der Waals surface area contributed by atoms with E-state index in [0.29, 0.717) is 29.5 Å². The van der Waals surface area contributed by atoms with Crippen LogP contribution in [-0.4, -0.2) is 93.5 Å². The number of ether oxygens (including phenoxy) is 1. The van der Waals surface area contributed by atoms with E-state index in [1.54, 1.807) is 24.3 Å². The number of nitrogens with zero attached hydrogens (tertiary/aromatic N) is 3. The maximum absolute atomic E-state index is 12.7. The van der Waals surface area contributed by atoms with Gasteiger partial charge in [-0.2, -0.15) is 0 Å². The number of urea groups is 1. The van der Waals surface area contributed by atoms with E-state index in [1.807, 2.05) is 24.3 Å². The van der Waals surface area contributed by atoms with Crippen molar-refractivity contribution >= 4 is 58.5 Å². The second-order valence-corrected chi connectivity index (χ2v) is 9.55. The number of carbonyl (C=O) groups is 5. The molecule has 0 bridgehead atoms. The fraction of sp³-hybridized carbons (Fsp3) is 0.308. The van der Waals surface area contributed by atoms with E-state index >= 15 is 0 Å². The molecule has 3 aromatic rings. The number of carbonyl (C=O) groups excluding carboxylic acids is 4. The average Bonchev–Trinajstić information content (AvgIpc) is 3.47. The lowest BCUT2D eigenvalue weighted by atomic mass is 10.2. The number of hydrogen-bond donors (Lipinski definition) is 5. The number of aliphatic carboxylic acids is 1. The van der Waals surface area contributed by atoms with Crippen molar-refractivity contribution in [3.8, 4) is 0 Å². The SMILES string of the molecule is O=C(CN1C(=O)CN(CCCNc2nc3ccccc3[nH]2)C1=O)NC[C@H](NC(=O)OCc1cccc(Cl)c1)C(=O)O. The fourth-order valence-electron chi connectivity index (χ4n) is 4.01. The minimum absolute atomic E-state index is 0.142. The Morgan fingerprint density at radius 3 is 2.71 bits per heavy atom. The number of imidazole rings is 1. The van der Waals surface area contributed by atoms with Gasteiger partial charge in [0.1, 0.15) is 25.7 Å². The number of halogens is 1. The van der Waals surface area contributed by atoms with Gasteiger partial charge in [-0.1, -0.05) is 35.9 Å². The molecule has 5 amide bonds. The van der Waals surface area contributed by atoms with Crippen molar-refractivity contribution in [1.82, 2.24) is 30.4 Å². The summed E-state index contributed by atoms with van der Waals surface area (Å²) in [5.74, 6) is -2.13. The number of carboxylic acid groups (broad SMARTS) is 1. The first-order chi connectivity index (χ1) is 19.7. The molecule has 2 aromatic carbocycles. The predicted octanol–water partition coefficient (Wildman–Crippen LogP) is 1.78. The van der Waals surface area contributed by atoms with Crippen LogP contribution in [0.5, 0.6) is 0 Å². The Bertz CT molecular complexity index is 1410. The third-order valence-electron chi connectivity index (χ3n) is 6.07. The van der Waals surface area contributed by atoms with Crippen molar-refractivity contribution in [1.29, 1.82) is 0 Å². The van der Waals surface area contributed by atoms with Crippen LogP contribution in [0.4, 0.5) is 15.5 Å². The molecule has 0 aliphatic carbocycles. The Kier molecular flexibility index (Phi) is 9.58. The number of nitrogens with one attached hydrogen (secondary N) is 4. The largest absolute Gasteiger partial charge is 0.480 e. The lowest BCUT2D eigenvalue weighted by Gasteiger charge is -2.18. The van der Waals surface area contributed by atoms with E-state index in [4.69, 9.17) is 16.3 Å². The molecule has 15 heteroatoms. The van der Waals surface area contributed by atoms with Crippen molar-refractivity contribution < 1.29 is 33.8 Å². The van der Waals surface area contributed by atoms with Crippen molar-refractivity contribution in [2.24, 2.45) is 0 Å². The van der Waals surface area contributed by atoms with E-state index in [1.165, 1.54) is 4.90 Å². The number of para-hydroxylation sites is 2. The summed E-state index contributed by atoms with van der Waals surface area (Å²) < 4.78 is 5.00. The molecule has 1 fully saturated rings. The molecule has 0 spiro atoms. The first-order valence-electron chi connectivity index (χ1n) is 12.6. The van der Waals surface area contributed by atoms with Crippen LogP contribution in [0.25, 0.3) is 11.0 Å². The van der Waals surface area contributed by atoms with E-state index < -0.39 is 49.0 Å². The number of fused-ring (bicyclic) bond motifs is 1. The highest BCUT2D eigenvalue weighted by Crippen LogP contribution is 2.14. The normalized spacial score (nSPS) is 13.8. The highest BCUT2D eigenvalue weighted by Gasteiger charge is 2.36. The summed E-state index contributed by atoms with van der Waals surface area (Å²) >= 11 is 5.88. The van der Waals surface area contributed by atoms with Crippen LogP contribution >= 0.6 is 11.6 Å². The molecule has 4 rings (SSSR count).